The quantitative estimate of drug-likeness (QED) is 0.731. The fourth-order valence-corrected chi connectivity index (χ4v) is 2.61. The van der Waals surface area contributed by atoms with Gasteiger partial charge in [0.15, 0.2) is 11.5 Å². The first kappa shape index (κ1) is 15.9. The number of carbonyl (C=O) groups excluding carboxylic acids is 1. The lowest BCUT2D eigenvalue weighted by Crippen LogP contribution is -2.12. The van der Waals surface area contributed by atoms with E-state index in [-0.39, 0.29) is 12.3 Å². The molecule has 0 fully saturated rings. The number of rotatable bonds is 4. The van der Waals surface area contributed by atoms with Crippen molar-refractivity contribution in [1.82, 2.24) is 9.97 Å². The summed E-state index contributed by atoms with van der Waals surface area (Å²) in [5.74, 6) is -0.0835. The van der Waals surface area contributed by atoms with Crippen molar-refractivity contribution in [3.05, 3.63) is 59.3 Å². The summed E-state index contributed by atoms with van der Waals surface area (Å²) in [5.41, 5.74) is 4.69. The van der Waals surface area contributed by atoms with Crippen molar-refractivity contribution in [3.63, 3.8) is 0 Å². The molecular formula is C19H19N3O2. The number of anilines is 2. The lowest BCUT2D eigenvalue weighted by molar-refractivity contribution is 0.0521. The topological polar surface area (TPSA) is 64.1 Å². The number of ether oxygens (including phenoxy) is 1. The molecule has 24 heavy (non-hydrogen) atoms. The number of carbonyl (C=O) groups is 1. The molecule has 3 aromatic rings. The van der Waals surface area contributed by atoms with Crippen molar-refractivity contribution in [2.45, 2.75) is 20.8 Å². The number of nitrogens with zero attached hydrogens (tertiary/aromatic N) is 2. The van der Waals surface area contributed by atoms with Crippen LogP contribution >= 0.6 is 0 Å². The molecule has 0 atom stereocenters. The van der Waals surface area contributed by atoms with Crippen LogP contribution in [0.3, 0.4) is 0 Å². The number of fused-ring (bicyclic) bond motifs is 1. The lowest BCUT2D eigenvalue weighted by atomic mass is 10.1. The third kappa shape index (κ3) is 3.35. The Labute approximate surface area is 140 Å². The molecule has 0 radical (unpaired) electrons. The summed E-state index contributed by atoms with van der Waals surface area (Å²) in [6.45, 7) is 6.10. The molecule has 0 bridgehead atoms. The molecule has 3 rings (SSSR count). The van der Waals surface area contributed by atoms with Gasteiger partial charge in [-0.2, -0.15) is 0 Å². The van der Waals surface area contributed by atoms with Crippen LogP contribution in [0.15, 0.2) is 42.5 Å². The highest BCUT2D eigenvalue weighted by atomic mass is 16.5. The Bertz CT molecular complexity index is 886. The Kier molecular flexibility index (Phi) is 4.42. The van der Waals surface area contributed by atoms with Gasteiger partial charge in [0, 0.05) is 5.69 Å². The first-order valence-electron chi connectivity index (χ1n) is 7.86. The number of aryl methyl sites for hydroxylation is 2. The minimum absolute atomic E-state index is 0.190. The van der Waals surface area contributed by atoms with Gasteiger partial charge in [0.2, 0.25) is 0 Å². The number of para-hydroxylation sites is 2. The van der Waals surface area contributed by atoms with E-state index in [4.69, 9.17) is 4.74 Å². The van der Waals surface area contributed by atoms with Crippen LogP contribution in [0.25, 0.3) is 11.0 Å². The highest BCUT2D eigenvalue weighted by Gasteiger charge is 2.18. The molecule has 2 aromatic carbocycles. The predicted molar refractivity (Wildman–Crippen MR) is 94.7 cm³/mol. The third-order valence-corrected chi connectivity index (χ3v) is 3.52. The molecular weight excluding hydrogens is 302 g/mol. The van der Waals surface area contributed by atoms with Crippen LogP contribution in [0.1, 0.15) is 28.5 Å². The maximum atomic E-state index is 12.3. The van der Waals surface area contributed by atoms with E-state index >= 15 is 0 Å². The van der Waals surface area contributed by atoms with Crippen molar-refractivity contribution >= 4 is 28.5 Å². The lowest BCUT2D eigenvalue weighted by Gasteiger charge is -2.12. The van der Waals surface area contributed by atoms with E-state index in [1.165, 1.54) is 0 Å². The van der Waals surface area contributed by atoms with Gasteiger partial charge in [-0.15, -0.1) is 0 Å². The Morgan fingerprint density at radius 2 is 1.67 bits per heavy atom. The van der Waals surface area contributed by atoms with Gasteiger partial charge in [0.25, 0.3) is 0 Å². The number of hydrogen-bond acceptors (Lipinski definition) is 5. The smallest absolute Gasteiger partial charge is 0.360 e. The second-order valence-electron chi connectivity index (χ2n) is 5.63. The number of esters is 1. The van der Waals surface area contributed by atoms with Gasteiger partial charge in [0.05, 0.1) is 17.6 Å². The van der Waals surface area contributed by atoms with E-state index in [0.29, 0.717) is 11.3 Å². The van der Waals surface area contributed by atoms with Crippen molar-refractivity contribution in [3.8, 4) is 0 Å². The van der Waals surface area contributed by atoms with E-state index in [0.717, 1.165) is 22.3 Å². The average Bonchev–Trinajstić information content (AvgIpc) is 2.53. The zero-order valence-electron chi connectivity index (χ0n) is 14.0. The number of benzene rings is 2. The van der Waals surface area contributed by atoms with Gasteiger partial charge in [-0.3, -0.25) is 0 Å². The molecule has 0 amide bonds. The molecule has 0 spiro atoms. The summed E-state index contributed by atoms with van der Waals surface area (Å²) in [4.78, 5) is 21.3. The first-order valence-corrected chi connectivity index (χ1v) is 7.86. The average molecular weight is 321 g/mol. The van der Waals surface area contributed by atoms with Gasteiger partial charge in [-0.1, -0.05) is 18.2 Å². The van der Waals surface area contributed by atoms with E-state index in [2.05, 4.69) is 21.4 Å². The maximum absolute atomic E-state index is 12.3. The van der Waals surface area contributed by atoms with Crippen LogP contribution in [-0.2, 0) is 4.74 Å². The number of aromatic nitrogens is 2. The molecule has 5 heteroatoms. The third-order valence-electron chi connectivity index (χ3n) is 3.52. The molecule has 1 N–H and O–H groups in total. The van der Waals surface area contributed by atoms with Crippen molar-refractivity contribution in [2.75, 3.05) is 11.9 Å². The van der Waals surface area contributed by atoms with Crippen LogP contribution in [0, 0.1) is 13.8 Å². The second-order valence-corrected chi connectivity index (χ2v) is 5.63. The van der Waals surface area contributed by atoms with E-state index in [9.17, 15) is 4.79 Å². The largest absolute Gasteiger partial charge is 0.461 e. The monoisotopic (exact) mass is 321 g/mol. The summed E-state index contributed by atoms with van der Waals surface area (Å²) < 4.78 is 5.12. The van der Waals surface area contributed by atoms with Crippen LogP contribution in [0.2, 0.25) is 0 Å². The predicted octanol–water partition coefficient (Wildman–Crippen LogP) is 4.17. The van der Waals surface area contributed by atoms with Crippen LogP contribution in [0.4, 0.5) is 11.5 Å². The summed E-state index contributed by atoms with van der Waals surface area (Å²) in [6.07, 6.45) is 0. The van der Waals surface area contributed by atoms with Gasteiger partial charge in [-0.05, 0) is 56.2 Å². The van der Waals surface area contributed by atoms with E-state index < -0.39 is 5.97 Å². The normalized spacial score (nSPS) is 10.6. The molecule has 0 aliphatic heterocycles. The Balaban J connectivity index is 2.09. The van der Waals surface area contributed by atoms with Crippen LogP contribution in [0.5, 0.6) is 0 Å². The second kappa shape index (κ2) is 6.66. The molecule has 0 aliphatic carbocycles. The van der Waals surface area contributed by atoms with Crippen LogP contribution in [-0.4, -0.2) is 22.5 Å². The molecule has 1 heterocycles. The molecule has 0 aliphatic rings. The molecule has 0 saturated heterocycles. The number of nitrogens with one attached hydrogen (secondary N) is 1. The summed E-state index contributed by atoms with van der Waals surface area (Å²) in [7, 11) is 0. The summed E-state index contributed by atoms with van der Waals surface area (Å²) in [5, 5.41) is 3.21. The fourth-order valence-electron chi connectivity index (χ4n) is 2.61. The Morgan fingerprint density at radius 1 is 1.04 bits per heavy atom. The fraction of sp³-hybridized carbons (Fsp3) is 0.211. The summed E-state index contributed by atoms with van der Waals surface area (Å²) >= 11 is 0. The van der Waals surface area contributed by atoms with Crippen molar-refractivity contribution in [1.29, 1.82) is 0 Å². The highest BCUT2D eigenvalue weighted by molar-refractivity contribution is 5.96. The Hall–Kier alpha value is -2.95. The van der Waals surface area contributed by atoms with Gasteiger partial charge >= 0.3 is 5.97 Å². The minimum Gasteiger partial charge on any atom is -0.461 e. The molecule has 0 unspecified atom stereocenters. The highest BCUT2D eigenvalue weighted by Crippen LogP contribution is 2.23. The first-order chi connectivity index (χ1) is 11.6. The zero-order valence-corrected chi connectivity index (χ0v) is 14.0. The zero-order chi connectivity index (χ0) is 17.1. The van der Waals surface area contributed by atoms with Crippen LogP contribution < -0.4 is 5.32 Å². The molecule has 0 saturated carbocycles. The van der Waals surface area contributed by atoms with Gasteiger partial charge < -0.3 is 10.1 Å². The maximum Gasteiger partial charge on any atom is 0.360 e. The van der Waals surface area contributed by atoms with E-state index in [1.54, 1.807) is 6.92 Å². The molecule has 1 aromatic heterocycles. The number of hydrogen-bond donors (Lipinski definition) is 1. The van der Waals surface area contributed by atoms with Gasteiger partial charge in [0.1, 0.15) is 0 Å². The molecule has 5 nitrogen and oxygen atoms in total. The van der Waals surface area contributed by atoms with Gasteiger partial charge in [-0.25, -0.2) is 14.8 Å². The van der Waals surface area contributed by atoms with Crippen molar-refractivity contribution in [2.24, 2.45) is 0 Å². The Morgan fingerprint density at radius 3 is 2.29 bits per heavy atom. The SMILES string of the molecule is CCOC(=O)c1nc2ccccc2nc1Nc1cc(C)cc(C)c1. The molecule has 122 valence electrons. The summed E-state index contributed by atoms with van der Waals surface area (Å²) in [6, 6.07) is 13.5. The van der Waals surface area contributed by atoms with Crippen molar-refractivity contribution < 1.29 is 9.53 Å². The minimum atomic E-state index is -0.484. The standard InChI is InChI=1S/C19H19N3O2/c1-4-24-19(23)17-18(20-14-10-12(2)9-13(3)11-14)22-16-8-6-5-7-15(16)21-17/h5-11H,4H2,1-3H3,(H,20,22). The van der Waals surface area contributed by atoms with E-state index in [1.807, 2.05) is 50.2 Å².